The van der Waals surface area contributed by atoms with Crippen molar-refractivity contribution in [3.05, 3.63) is 47.6 Å². The van der Waals surface area contributed by atoms with Crippen LogP contribution in [0.3, 0.4) is 0 Å². The Morgan fingerprint density at radius 1 is 1.42 bits per heavy atom. The Morgan fingerprint density at radius 3 is 3.12 bits per heavy atom. The van der Waals surface area contributed by atoms with Crippen LogP contribution in [0.5, 0.6) is 0 Å². The van der Waals surface area contributed by atoms with Crippen molar-refractivity contribution in [2.45, 2.75) is 25.3 Å². The fourth-order valence-corrected chi connectivity index (χ4v) is 3.32. The summed E-state index contributed by atoms with van der Waals surface area (Å²) in [6.45, 7) is 2.30. The maximum absolute atomic E-state index is 11.2. The number of carboxylic acids is 1. The van der Waals surface area contributed by atoms with Gasteiger partial charge in [0.15, 0.2) is 11.5 Å². The lowest BCUT2D eigenvalue weighted by molar-refractivity contribution is 0.0687. The molecule has 1 aliphatic heterocycles. The van der Waals surface area contributed by atoms with E-state index in [9.17, 15) is 9.90 Å². The average molecular weight is 326 g/mol. The minimum Gasteiger partial charge on any atom is -0.477 e. The van der Waals surface area contributed by atoms with Crippen LogP contribution in [-0.2, 0) is 6.54 Å². The van der Waals surface area contributed by atoms with Crippen molar-refractivity contribution in [1.82, 2.24) is 20.1 Å². The van der Waals surface area contributed by atoms with Gasteiger partial charge in [-0.1, -0.05) is 12.1 Å². The SMILES string of the molecule is O=C(O)c1[nH]ncc1CN1CCCC(c2nc3ccccc3o2)C1. The molecule has 0 aliphatic carbocycles. The summed E-state index contributed by atoms with van der Waals surface area (Å²) >= 11 is 0. The number of H-pyrrole nitrogens is 1. The molecule has 7 heteroatoms. The predicted octanol–water partition coefficient (Wildman–Crippen LogP) is 2.63. The normalized spacial score (nSPS) is 18.9. The average Bonchev–Trinajstić information content (AvgIpc) is 3.21. The van der Waals surface area contributed by atoms with Crippen molar-refractivity contribution in [1.29, 1.82) is 0 Å². The molecule has 0 bridgehead atoms. The molecule has 0 amide bonds. The second-order valence-corrected chi connectivity index (χ2v) is 6.17. The first kappa shape index (κ1) is 14.9. The van der Waals surface area contributed by atoms with Gasteiger partial charge in [0.25, 0.3) is 0 Å². The van der Waals surface area contributed by atoms with E-state index in [1.165, 1.54) is 0 Å². The molecule has 2 N–H and O–H groups in total. The van der Waals surface area contributed by atoms with Gasteiger partial charge in [0.1, 0.15) is 11.2 Å². The molecule has 4 rings (SSSR count). The van der Waals surface area contributed by atoms with Crippen molar-refractivity contribution < 1.29 is 14.3 Å². The van der Waals surface area contributed by atoms with Gasteiger partial charge in [-0.3, -0.25) is 10.00 Å². The topological polar surface area (TPSA) is 95.2 Å². The van der Waals surface area contributed by atoms with E-state index in [1.807, 2.05) is 24.3 Å². The number of aromatic carboxylic acids is 1. The zero-order valence-corrected chi connectivity index (χ0v) is 13.1. The van der Waals surface area contributed by atoms with Gasteiger partial charge in [0.05, 0.1) is 6.20 Å². The van der Waals surface area contributed by atoms with Crippen LogP contribution in [0.25, 0.3) is 11.1 Å². The lowest BCUT2D eigenvalue weighted by atomic mass is 9.97. The van der Waals surface area contributed by atoms with Gasteiger partial charge in [-0.2, -0.15) is 5.10 Å². The minimum atomic E-state index is -0.977. The van der Waals surface area contributed by atoms with E-state index in [4.69, 9.17) is 4.42 Å². The number of nitrogens with zero attached hydrogens (tertiary/aromatic N) is 3. The quantitative estimate of drug-likeness (QED) is 0.765. The summed E-state index contributed by atoms with van der Waals surface area (Å²) in [5.74, 6) is 0.0212. The number of piperidine rings is 1. The van der Waals surface area contributed by atoms with Gasteiger partial charge < -0.3 is 9.52 Å². The minimum absolute atomic E-state index is 0.166. The number of rotatable bonds is 4. The van der Waals surface area contributed by atoms with Gasteiger partial charge in [0.2, 0.25) is 0 Å². The third-order valence-corrected chi connectivity index (χ3v) is 4.49. The molecule has 1 unspecified atom stereocenters. The van der Waals surface area contributed by atoms with E-state index in [0.29, 0.717) is 12.1 Å². The summed E-state index contributed by atoms with van der Waals surface area (Å²) in [6.07, 6.45) is 3.65. The molecule has 0 saturated carbocycles. The third-order valence-electron chi connectivity index (χ3n) is 4.49. The first-order valence-corrected chi connectivity index (χ1v) is 8.04. The monoisotopic (exact) mass is 326 g/mol. The number of benzene rings is 1. The van der Waals surface area contributed by atoms with Crippen LogP contribution in [-0.4, -0.2) is 44.2 Å². The maximum Gasteiger partial charge on any atom is 0.354 e. The molecular formula is C17H18N4O3. The van der Waals surface area contributed by atoms with Crippen LogP contribution in [0.2, 0.25) is 0 Å². The predicted molar refractivity (Wildman–Crippen MR) is 86.8 cm³/mol. The first-order chi connectivity index (χ1) is 11.7. The number of oxazole rings is 1. The number of para-hydroxylation sites is 2. The zero-order chi connectivity index (χ0) is 16.5. The van der Waals surface area contributed by atoms with Crippen LogP contribution in [0.4, 0.5) is 0 Å². The molecule has 0 spiro atoms. The van der Waals surface area contributed by atoms with Crippen LogP contribution >= 0.6 is 0 Å². The Hall–Kier alpha value is -2.67. The van der Waals surface area contributed by atoms with Crippen LogP contribution < -0.4 is 0 Å². The second-order valence-electron chi connectivity index (χ2n) is 6.17. The lowest BCUT2D eigenvalue weighted by Gasteiger charge is -2.30. The number of fused-ring (bicyclic) bond motifs is 1. The van der Waals surface area contributed by atoms with E-state index >= 15 is 0 Å². The molecule has 1 aliphatic rings. The second kappa shape index (κ2) is 6.09. The van der Waals surface area contributed by atoms with Crippen molar-refractivity contribution in [2.75, 3.05) is 13.1 Å². The molecule has 1 aromatic carbocycles. The molecule has 3 aromatic rings. The van der Waals surface area contributed by atoms with Gasteiger partial charge in [0, 0.05) is 24.6 Å². The highest BCUT2D eigenvalue weighted by atomic mass is 16.4. The van der Waals surface area contributed by atoms with Gasteiger partial charge in [-0.25, -0.2) is 9.78 Å². The summed E-state index contributed by atoms with van der Waals surface area (Å²) in [7, 11) is 0. The third kappa shape index (κ3) is 2.78. The molecule has 24 heavy (non-hydrogen) atoms. The van der Waals surface area contributed by atoms with Gasteiger partial charge >= 0.3 is 5.97 Å². The van der Waals surface area contributed by atoms with Crippen LogP contribution in [0, 0.1) is 0 Å². The molecule has 7 nitrogen and oxygen atoms in total. The number of carboxylic acid groups (broad SMARTS) is 1. The van der Waals surface area contributed by atoms with Crippen LogP contribution in [0.15, 0.2) is 34.9 Å². The highest BCUT2D eigenvalue weighted by Gasteiger charge is 2.26. The molecule has 1 fully saturated rings. The Morgan fingerprint density at radius 2 is 2.29 bits per heavy atom. The largest absolute Gasteiger partial charge is 0.477 e. The molecule has 2 aromatic heterocycles. The molecular weight excluding hydrogens is 308 g/mol. The van der Waals surface area contributed by atoms with E-state index in [0.717, 1.165) is 42.9 Å². The molecule has 0 radical (unpaired) electrons. The van der Waals surface area contributed by atoms with E-state index < -0.39 is 5.97 Å². The van der Waals surface area contributed by atoms with Crippen molar-refractivity contribution >= 4 is 17.1 Å². The van der Waals surface area contributed by atoms with Crippen molar-refractivity contribution in [3.63, 3.8) is 0 Å². The lowest BCUT2D eigenvalue weighted by Crippen LogP contribution is -2.34. The molecule has 124 valence electrons. The number of hydrogen-bond donors (Lipinski definition) is 2. The fraction of sp³-hybridized carbons (Fsp3) is 0.353. The number of nitrogens with one attached hydrogen (secondary N) is 1. The van der Waals surface area contributed by atoms with E-state index in [-0.39, 0.29) is 11.6 Å². The maximum atomic E-state index is 11.2. The Balaban J connectivity index is 1.51. The van der Waals surface area contributed by atoms with Gasteiger partial charge in [-0.15, -0.1) is 0 Å². The summed E-state index contributed by atoms with van der Waals surface area (Å²) in [4.78, 5) is 18.0. The van der Waals surface area contributed by atoms with Crippen molar-refractivity contribution in [2.24, 2.45) is 0 Å². The summed E-state index contributed by atoms with van der Waals surface area (Å²) in [5.41, 5.74) is 2.57. The van der Waals surface area contributed by atoms with E-state index in [1.54, 1.807) is 6.20 Å². The number of aromatic nitrogens is 3. The first-order valence-electron chi connectivity index (χ1n) is 8.04. The number of likely N-dealkylation sites (tertiary alicyclic amines) is 1. The number of aromatic amines is 1. The van der Waals surface area contributed by atoms with Crippen LogP contribution in [0.1, 0.15) is 40.7 Å². The molecule has 1 atom stereocenters. The number of hydrogen-bond acceptors (Lipinski definition) is 5. The highest BCUT2D eigenvalue weighted by molar-refractivity contribution is 5.86. The summed E-state index contributed by atoms with van der Waals surface area (Å²) < 4.78 is 5.90. The number of carbonyl (C=O) groups is 1. The highest BCUT2D eigenvalue weighted by Crippen LogP contribution is 2.29. The Labute approximate surface area is 138 Å². The van der Waals surface area contributed by atoms with Gasteiger partial charge in [-0.05, 0) is 31.5 Å². The molecule has 1 saturated heterocycles. The summed E-state index contributed by atoms with van der Waals surface area (Å²) in [5, 5.41) is 15.6. The fourth-order valence-electron chi connectivity index (χ4n) is 3.32. The molecule has 3 heterocycles. The van der Waals surface area contributed by atoms with E-state index in [2.05, 4.69) is 20.1 Å². The Bertz CT molecular complexity index is 836. The summed E-state index contributed by atoms with van der Waals surface area (Å²) in [6, 6.07) is 7.77. The van der Waals surface area contributed by atoms with Crippen molar-refractivity contribution in [3.8, 4) is 0 Å². The Kier molecular flexibility index (Phi) is 3.78. The standard InChI is InChI=1S/C17H18N4O3/c22-17(23)15-12(8-18-20-15)10-21-7-3-4-11(9-21)16-19-13-5-1-2-6-14(13)24-16/h1-2,5-6,8,11H,3-4,7,9-10H2,(H,18,20)(H,22,23). The zero-order valence-electron chi connectivity index (χ0n) is 13.1. The smallest absolute Gasteiger partial charge is 0.354 e.